The quantitative estimate of drug-likeness (QED) is 0.181. The molecule has 7 N–H and O–H groups in total. The predicted octanol–water partition coefficient (Wildman–Crippen LogP) is 3.78. The summed E-state index contributed by atoms with van der Waals surface area (Å²) >= 11 is 0. The number of ether oxygens (including phenoxy) is 2. The summed E-state index contributed by atoms with van der Waals surface area (Å²) in [5.41, 5.74) is 12.4. The van der Waals surface area contributed by atoms with Gasteiger partial charge in [0.2, 0.25) is 0 Å². The summed E-state index contributed by atoms with van der Waals surface area (Å²) in [5.74, 6) is 2.14. The molecule has 5 atom stereocenters. The van der Waals surface area contributed by atoms with Gasteiger partial charge in [0, 0.05) is 47.1 Å². The van der Waals surface area contributed by atoms with Crippen molar-refractivity contribution in [3.05, 3.63) is 32.7 Å². The monoisotopic (exact) mass is 619 g/mol. The Hall–Kier alpha value is -2.12. The number of hydrogen-bond acceptors (Lipinski definition) is 10. The first-order valence-corrected chi connectivity index (χ1v) is 17.5. The molecule has 2 aliphatic carbocycles. The molecule has 12 heteroatoms. The summed E-state index contributed by atoms with van der Waals surface area (Å²) in [6.07, 6.45) is 5.36. The molecule has 6 rings (SSSR count). The van der Waals surface area contributed by atoms with Crippen LogP contribution in [0.3, 0.4) is 0 Å². The van der Waals surface area contributed by atoms with E-state index in [0.29, 0.717) is 52.4 Å². The molecule has 0 amide bonds. The van der Waals surface area contributed by atoms with Crippen molar-refractivity contribution in [2.24, 2.45) is 16.5 Å². The van der Waals surface area contributed by atoms with Crippen LogP contribution in [0.1, 0.15) is 99.2 Å². The number of aliphatic imine (C=N–C) groups is 1. The van der Waals surface area contributed by atoms with Crippen LogP contribution < -0.4 is 26.4 Å². The third kappa shape index (κ3) is 5.49. The molecule has 0 saturated heterocycles. The number of aliphatic hydroxyl groups is 3. The van der Waals surface area contributed by atoms with Gasteiger partial charge in [-0.1, -0.05) is 21.6 Å². The molecular formula is C30H41N3O7S2. The maximum Gasteiger partial charge on any atom is 0.200 e. The van der Waals surface area contributed by atoms with Crippen molar-refractivity contribution in [1.82, 2.24) is 0 Å². The van der Waals surface area contributed by atoms with Crippen molar-refractivity contribution in [3.63, 3.8) is 0 Å². The smallest absolute Gasteiger partial charge is 0.200 e. The van der Waals surface area contributed by atoms with Gasteiger partial charge >= 0.3 is 0 Å². The van der Waals surface area contributed by atoms with E-state index in [1.165, 1.54) is 0 Å². The van der Waals surface area contributed by atoms with E-state index in [4.69, 9.17) is 25.4 Å². The van der Waals surface area contributed by atoms with E-state index in [9.17, 15) is 20.1 Å². The van der Waals surface area contributed by atoms with Crippen LogP contribution in [0.5, 0.6) is 11.5 Å². The first-order chi connectivity index (χ1) is 20.2. The van der Waals surface area contributed by atoms with Crippen molar-refractivity contribution in [1.29, 1.82) is 0 Å². The molecule has 0 radical (unpaired) electrons. The minimum Gasteiger partial charge on any atom is -0.489 e. The predicted molar refractivity (Wildman–Crippen MR) is 165 cm³/mol. The highest BCUT2D eigenvalue weighted by molar-refractivity contribution is 8.76. The van der Waals surface area contributed by atoms with Crippen LogP contribution in [0, 0.1) is 0 Å². The molecule has 2 saturated carbocycles. The number of fused-ring (bicyclic) bond motifs is 5. The molecule has 1 aromatic carbocycles. The van der Waals surface area contributed by atoms with E-state index in [0.717, 1.165) is 49.7 Å². The highest BCUT2D eigenvalue weighted by Gasteiger charge is 2.51. The first kappa shape index (κ1) is 29.9. The number of benzene rings is 1. The third-order valence-corrected chi connectivity index (χ3v) is 11.5. The van der Waals surface area contributed by atoms with Crippen molar-refractivity contribution in [3.8, 4) is 11.5 Å². The Bertz CT molecular complexity index is 1420. The van der Waals surface area contributed by atoms with Crippen LogP contribution in [-0.2, 0) is 12.2 Å². The van der Waals surface area contributed by atoms with Gasteiger partial charge in [0.1, 0.15) is 40.4 Å². The molecule has 5 unspecified atom stereocenters. The third-order valence-electron chi connectivity index (χ3n) is 9.14. The van der Waals surface area contributed by atoms with Gasteiger partial charge in [-0.05, 0) is 64.7 Å². The van der Waals surface area contributed by atoms with Gasteiger partial charge < -0.3 is 40.7 Å². The zero-order chi connectivity index (χ0) is 29.6. The molecule has 2 aliphatic heterocycles. The summed E-state index contributed by atoms with van der Waals surface area (Å²) in [5, 5.41) is 32.9. The summed E-state index contributed by atoms with van der Waals surface area (Å²) in [6, 6.07) is -0.392. The number of nitrogens with zero attached hydrogens (tertiary/aromatic N) is 1. The summed E-state index contributed by atoms with van der Waals surface area (Å²) in [6.45, 7) is 1.72. The minimum atomic E-state index is -1.14. The van der Waals surface area contributed by atoms with Gasteiger partial charge in [-0.3, -0.25) is 4.79 Å². The van der Waals surface area contributed by atoms with E-state index < -0.39 is 23.9 Å². The largest absolute Gasteiger partial charge is 0.489 e. The fraction of sp³-hybridized carbons (Fsp3) is 0.667. The molecule has 230 valence electrons. The lowest BCUT2D eigenvalue weighted by Crippen LogP contribution is -2.47. The fourth-order valence-electron chi connectivity index (χ4n) is 7.17. The summed E-state index contributed by atoms with van der Waals surface area (Å²) < 4.78 is 20.0. The molecular weight excluding hydrogens is 578 g/mol. The van der Waals surface area contributed by atoms with Gasteiger partial charge in [-0.15, -0.1) is 0 Å². The number of rotatable bonds is 6. The molecule has 0 spiro atoms. The minimum absolute atomic E-state index is 0.0239. The average molecular weight is 620 g/mol. The standard InChI is InChI=1S/C30H41N3O7S2/c1-30(37)10-4-8-17-21-25(40-28(17)30)19-14-42-41-13-15(33-29(31)32)12-20(35)24-18(9-5-11-34)23(36)22(26(19)39-24)27(21)38-16-6-2-3-7-16/h15-17,20,28,34-35,37H,2-14H2,1H3,(H4,31,32,33). The Kier molecular flexibility index (Phi) is 8.63. The van der Waals surface area contributed by atoms with Gasteiger partial charge in [0.05, 0.1) is 17.7 Å². The Morgan fingerprint density at radius 3 is 2.71 bits per heavy atom. The number of aliphatic hydroxyl groups excluding tert-OH is 2. The van der Waals surface area contributed by atoms with Crippen LogP contribution in [0.4, 0.5) is 0 Å². The van der Waals surface area contributed by atoms with E-state index in [2.05, 4.69) is 4.99 Å². The van der Waals surface area contributed by atoms with E-state index >= 15 is 0 Å². The second-order valence-electron chi connectivity index (χ2n) is 12.3. The molecule has 2 bridgehead atoms. The number of nitrogens with two attached hydrogens (primary N) is 2. The fourth-order valence-corrected chi connectivity index (χ4v) is 9.46. The van der Waals surface area contributed by atoms with Crippen LogP contribution in [0.15, 0.2) is 14.2 Å². The second-order valence-corrected chi connectivity index (χ2v) is 14.8. The maximum absolute atomic E-state index is 14.6. The lowest BCUT2D eigenvalue weighted by atomic mass is 9.74. The van der Waals surface area contributed by atoms with Crippen LogP contribution in [0.25, 0.3) is 11.0 Å². The topological polar surface area (TPSA) is 174 Å². The van der Waals surface area contributed by atoms with Crippen LogP contribution in [-0.4, -0.2) is 57.5 Å². The zero-order valence-corrected chi connectivity index (χ0v) is 25.6. The number of guanidine groups is 1. The Morgan fingerprint density at radius 1 is 1.19 bits per heavy atom. The summed E-state index contributed by atoms with van der Waals surface area (Å²) in [4.78, 5) is 18.9. The van der Waals surface area contributed by atoms with Gasteiger partial charge in [-0.2, -0.15) is 0 Å². The summed E-state index contributed by atoms with van der Waals surface area (Å²) in [7, 11) is 3.17. The SMILES string of the molecule is CC1(O)CCCC2c3c(c4c5oc(c(CCCO)c(=O)c5c3OC3CCCC3)C(O)CC(N=C(N)N)CSSC4)OC21. The van der Waals surface area contributed by atoms with Gasteiger partial charge in [0.25, 0.3) is 0 Å². The van der Waals surface area contributed by atoms with Crippen molar-refractivity contribution < 1.29 is 29.2 Å². The molecule has 42 heavy (non-hydrogen) atoms. The first-order valence-electron chi connectivity index (χ1n) is 15.1. The molecule has 10 nitrogen and oxygen atoms in total. The Morgan fingerprint density at radius 2 is 1.98 bits per heavy atom. The van der Waals surface area contributed by atoms with Crippen molar-refractivity contribution >= 4 is 38.5 Å². The maximum atomic E-state index is 14.6. The van der Waals surface area contributed by atoms with E-state index in [-0.39, 0.29) is 48.6 Å². The normalized spacial score (nSPS) is 29.5. The zero-order valence-electron chi connectivity index (χ0n) is 24.0. The van der Waals surface area contributed by atoms with E-state index in [1.807, 2.05) is 6.92 Å². The van der Waals surface area contributed by atoms with Crippen LogP contribution in [0.2, 0.25) is 0 Å². The molecule has 1 aromatic heterocycles. The Labute approximate surface area is 253 Å². The number of hydrogen-bond donors (Lipinski definition) is 5. The van der Waals surface area contributed by atoms with Crippen molar-refractivity contribution in [2.75, 3.05) is 12.4 Å². The lowest BCUT2D eigenvalue weighted by molar-refractivity contribution is -0.0727. The van der Waals surface area contributed by atoms with Gasteiger partial charge in [0.15, 0.2) is 11.4 Å². The highest BCUT2D eigenvalue weighted by atomic mass is 33.1. The molecule has 3 heterocycles. The molecule has 2 fully saturated rings. The van der Waals surface area contributed by atoms with Crippen molar-refractivity contribution in [2.45, 2.75) is 113 Å². The van der Waals surface area contributed by atoms with Crippen LogP contribution >= 0.6 is 21.6 Å². The second kappa shape index (κ2) is 12.1. The Balaban J connectivity index is 1.62. The highest BCUT2D eigenvalue weighted by Crippen LogP contribution is 2.57. The molecule has 4 aliphatic rings. The van der Waals surface area contributed by atoms with E-state index in [1.54, 1.807) is 21.6 Å². The average Bonchev–Trinajstić information content (AvgIpc) is 3.59. The van der Waals surface area contributed by atoms with Gasteiger partial charge in [-0.25, -0.2) is 4.99 Å². The molecule has 2 aromatic rings. The lowest BCUT2D eigenvalue weighted by Gasteiger charge is -2.37.